The number of hydrogen-bond acceptors (Lipinski definition) is 3. The quantitative estimate of drug-likeness (QED) is 0.474. The summed E-state index contributed by atoms with van der Waals surface area (Å²) in [6.07, 6.45) is 0. The van der Waals surface area contributed by atoms with Crippen molar-refractivity contribution in [2.24, 2.45) is 0 Å². The van der Waals surface area contributed by atoms with E-state index >= 15 is 0 Å². The average Bonchev–Trinajstić information content (AvgIpc) is 1.96. The van der Waals surface area contributed by atoms with E-state index in [9.17, 15) is 14.5 Å². The summed E-state index contributed by atoms with van der Waals surface area (Å²) < 4.78 is 12.9. The van der Waals surface area contributed by atoms with Gasteiger partial charge in [0.25, 0.3) is 5.69 Å². The van der Waals surface area contributed by atoms with E-state index in [1.165, 1.54) is 6.07 Å². The maximum absolute atomic E-state index is 12.7. The summed E-state index contributed by atoms with van der Waals surface area (Å²) in [7, 11) is 0. The lowest BCUT2D eigenvalue weighted by Gasteiger charge is -1.97. The maximum atomic E-state index is 12.7. The lowest BCUT2D eigenvalue weighted by Crippen LogP contribution is -1.91. The lowest BCUT2D eigenvalue weighted by molar-refractivity contribution is -0.385. The number of halogens is 2. The minimum atomic E-state index is -0.701. The van der Waals surface area contributed by atoms with Gasteiger partial charge in [0.2, 0.25) is 0 Å². The van der Waals surface area contributed by atoms with E-state index in [4.69, 9.17) is 0 Å². The predicted molar refractivity (Wildman–Crippen MR) is 48.0 cm³/mol. The Morgan fingerprint density at radius 3 is 2.67 bits per heavy atom. The van der Waals surface area contributed by atoms with Gasteiger partial charge in [0.05, 0.1) is 15.5 Å². The summed E-state index contributed by atoms with van der Waals surface area (Å²) in [5.41, 5.74) is -0.301. The third-order valence-corrected chi connectivity index (χ3v) is 2.19. The number of nitro benzene ring substituents is 1. The summed E-state index contributed by atoms with van der Waals surface area (Å²) in [4.78, 5) is 9.68. The molecule has 0 atom stereocenters. The third-order valence-electron chi connectivity index (χ3n) is 1.21. The molecule has 0 bridgehead atoms. The van der Waals surface area contributed by atoms with Crippen molar-refractivity contribution in [1.29, 1.82) is 0 Å². The zero-order valence-electron chi connectivity index (χ0n) is 5.62. The topological polar surface area (TPSA) is 43.1 Å². The first-order chi connectivity index (χ1) is 5.52. The Morgan fingerprint density at radius 2 is 2.17 bits per heavy atom. The molecule has 0 heterocycles. The zero-order valence-corrected chi connectivity index (χ0v) is 8.10. The highest BCUT2D eigenvalue weighted by Crippen LogP contribution is 2.28. The predicted octanol–water partition coefficient (Wildman–Crippen LogP) is 2.79. The summed E-state index contributed by atoms with van der Waals surface area (Å²) in [6, 6.07) is 2.07. The first kappa shape index (κ1) is 9.47. The second-order valence-corrected chi connectivity index (χ2v) is 3.35. The summed E-state index contributed by atoms with van der Waals surface area (Å²) in [5.74, 6) is -0.701. The van der Waals surface area contributed by atoms with Crippen molar-refractivity contribution in [1.82, 2.24) is 0 Å². The first-order valence-electron chi connectivity index (χ1n) is 2.85. The molecule has 0 spiro atoms. The van der Waals surface area contributed by atoms with Gasteiger partial charge in [-0.2, -0.15) is 0 Å². The van der Waals surface area contributed by atoms with E-state index in [1.807, 2.05) is 0 Å². The molecule has 0 saturated heterocycles. The minimum absolute atomic E-state index is 0.0764. The van der Waals surface area contributed by atoms with Crippen LogP contribution in [-0.2, 0) is 0 Å². The molecule has 0 aliphatic carbocycles. The van der Waals surface area contributed by atoms with Crippen LogP contribution in [0.15, 0.2) is 21.5 Å². The molecule has 1 rings (SSSR count). The zero-order chi connectivity index (χ0) is 9.30. The van der Waals surface area contributed by atoms with Crippen molar-refractivity contribution >= 4 is 34.2 Å². The Hall–Kier alpha value is -0.620. The molecule has 3 nitrogen and oxygen atoms in total. The third kappa shape index (κ3) is 1.75. The molecule has 6 heteroatoms. The Labute approximate surface area is 81.3 Å². The molecule has 0 fully saturated rings. The monoisotopic (exact) mass is 251 g/mol. The fraction of sp³-hybridized carbons (Fsp3) is 0. The van der Waals surface area contributed by atoms with Crippen molar-refractivity contribution in [3.8, 4) is 0 Å². The van der Waals surface area contributed by atoms with Crippen molar-refractivity contribution in [3.05, 3.63) is 32.5 Å². The largest absolute Gasteiger partial charge is 0.286 e. The molecule has 1 aromatic carbocycles. The molecule has 0 aliphatic heterocycles. The van der Waals surface area contributed by atoms with E-state index in [0.717, 1.165) is 6.07 Å². The van der Waals surface area contributed by atoms with Crippen molar-refractivity contribution in [2.45, 2.75) is 4.90 Å². The van der Waals surface area contributed by atoms with E-state index in [0.29, 0.717) is 0 Å². The fourth-order valence-corrected chi connectivity index (χ4v) is 1.52. The summed E-state index contributed by atoms with van der Waals surface area (Å²) >= 11 is 6.68. The van der Waals surface area contributed by atoms with E-state index in [2.05, 4.69) is 28.6 Å². The normalized spacial score (nSPS) is 9.92. The van der Waals surface area contributed by atoms with Gasteiger partial charge in [0.15, 0.2) is 0 Å². The smallest absolute Gasteiger partial charge is 0.258 e. The molecule has 0 aliphatic rings. The maximum Gasteiger partial charge on any atom is 0.286 e. The number of benzene rings is 1. The molecule has 0 unspecified atom stereocenters. The van der Waals surface area contributed by atoms with Crippen LogP contribution in [0.2, 0.25) is 0 Å². The standard InChI is InChI=1S/C6H3BrFNO2S/c7-3-1-6(12)4(8)2-5(3)9(10)11/h1-2,12H. The number of hydrogen-bond donors (Lipinski definition) is 1. The molecule has 1 aromatic rings. The van der Waals surface area contributed by atoms with Crippen LogP contribution in [0.4, 0.5) is 10.1 Å². The van der Waals surface area contributed by atoms with Gasteiger partial charge >= 0.3 is 0 Å². The molecule has 0 radical (unpaired) electrons. The molecule has 0 amide bonds. The molecule has 64 valence electrons. The van der Waals surface area contributed by atoms with Crippen LogP contribution in [0.3, 0.4) is 0 Å². The van der Waals surface area contributed by atoms with Crippen LogP contribution in [0.25, 0.3) is 0 Å². The number of rotatable bonds is 1. The Balaban J connectivity index is 3.33. The summed E-state index contributed by atoms with van der Waals surface area (Å²) in [6.45, 7) is 0. The molecular weight excluding hydrogens is 249 g/mol. The minimum Gasteiger partial charge on any atom is -0.258 e. The van der Waals surface area contributed by atoms with Gasteiger partial charge in [-0.3, -0.25) is 10.1 Å². The fourth-order valence-electron chi connectivity index (χ4n) is 0.666. The van der Waals surface area contributed by atoms with Crippen LogP contribution in [0, 0.1) is 15.9 Å². The number of nitro groups is 1. The highest BCUT2D eigenvalue weighted by Gasteiger charge is 2.14. The van der Waals surface area contributed by atoms with Crippen LogP contribution < -0.4 is 0 Å². The highest BCUT2D eigenvalue weighted by molar-refractivity contribution is 9.10. The molecule has 12 heavy (non-hydrogen) atoms. The first-order valence-corrected chi connectivity index (χ1v) is 4.09. The molecule has 0 N–H and O–H groups in total. The van der Waals surface area contributed by atoms with Crippen LogP contribution in [-0.4, -0.2) is 4.92 Å². The Bertz CT molecular complexity index is 345. The van der Waals surface area contributed by atoms with Gasteiger partial charge in [-0.1, -0.05) is 0 Å². The Morgan fingerprint density at radius 1 is 1.58 bits per heavy atom. The highest BCUT2D eigenvalue weighted by atomic mass is 79.9. The molecule has 0 aromatic heterocycles. The van der Waals surface area contributed by atoms with Gasteiger partial charge in [-0.15, -0.1) is 12.6 Å². The summed E-state index contributed by atoms with van der Waals surface area (Å²) in [5, 5.41) is 10.3. The van der Waals surface area contributed by atoms with Gasteiger partial charge in [-0.05, 0) is 22.0 Å². The number of nitrogens with zero attached hydrogens (tertiary/aromatic N) is 1. The Kier molecular flexibility index (Phi) is 2.69. The molecular formula is C6H3BrFNO2S. The van der Waals surface area contributed by atoms with Crippen molar-refractivity contribution in [2.75, 3.05) is 0 Å². The van der Waals surface area contributed by atoms with Gasteiger partial charge in [-0.25, -0.2) is 4.39 Å². The lowest BCUT2D eigenvalue weighted by atomic mass is 10.3. The van der Waals surface area contributed by atoms with Crippen molar-refractivity contribution in [3.63, 3.8) is 0 Å². The second kappa shape index (κ2) is 3.40. The van der Waals surface area contributed by atoms with E-state index in [1.54, 1.807) is 0 Å². The van der Waals surface area contributed by atoms with Gasteiger partial charge in [0.1, 0.15) is 5.82 Å². The number of thiol groups is 1. The van der Waals surface area contributed by atoms with Crippen LogP contribution in [0.1, 0.15) is 0 Å². The van der Waals surface area contributed by atoms with E-state index < -0.39 is 10.7 Å². The molecule has 0 saturated carbocycles. The van der Waals surface area contributed by atoms with Crippen LogP contribution in [0.5, 0.6) is 0 Å². The average molecular weight is 252 g/mol. The van der Waals surface area contributed by atoms with Crippen LogP contribution >= 0.6 is 28.6 Å². The SMILES string of the molecule is O=[N+]([O-])c1cc(F)c(S)cc1Br. The second-order valence-electron chi connectivity index (χ2n) is 2.01. The van der Waals surface area contributed by atoms with Crippen molar-refractivity contribution < 1.29 is 9.31 Å². The van der Waals surface area contributed by atoms with Gasteiger partial charge in [0, 0.05) is 4.90 Å². The van der Waals surface area contributed by atoms with Gasteiger partial charge < -0.3 is 0 Å². The van der Waals surface area contributed by atoms with E-state index in [-0.39, 0.29) is 15.1 Å².